The lowest BCUT2D eigenvalue weighted by Crippen LogP contribution is -2.74. The van der Waals surface area contributed by atoms with Crippen molar-refractivity contribution in [1.82, 2.24) is 9.80 Å². The minimum atomic E-state index is -2.80. The highest BCUT2D eigenvalue weighted by Gasteiger charge is 2.69. The minimum absolute atomic E-state index is 0.0324. The van der Waals surface area contributed by atoms with Gasteiger partial charge in [-0.25, -0.2) is 4.39 Å². The Bertz CT molecular complexity index is 2000. The number of aromatic hydroxyl groups is 1. The van der Waals surface area contributed by atoms with Gasteiger partial charge in [0.1, 0.15) is 23.1 Å². The molecule has 52 heavy (non-hydrogen) atoms. The van der Waals surface area contributed by atoms with Gasteiger partial charge >= 0.3 is 0 Å². The van der Waals surface area contributed by atoms with E-state index in [1.54, 1.807) is 63.4 Å². The van der Waals surface area contributed by atoms with Crippen LogP contribution in [0.15, 0.2) is 46.9 Å². The molecule has 4 N–H and O–H groups in total. The molecule has 1 aliphatic heterocycles. The average Bonchev–Trinajstić information content (AvgIpc) is 3.54. The zero-order valence-corrected chi connectivity index (χ0v) is 29.5. The summed E-state index contributed by atoms with van der Waals surface area (Å²) in [6.07, 6.45) is 0.116. The molecular formula is C38H42FN5O8. The van der Waals surface area contributed by atoms with E-state index >= 15 is 0 Å². The molecule has 3 fully saturated rings. The quantitative estimate of drug-likeness (QED) is 0.302. The maximum atomic E-state index is 14.4. The third kappa shape index (κ3) is 5.42. The van der Waals surface area contributed by atoms with Gasteiger partial charge in [0.05, 0.1) is 35.3 Å². The topological polar surface area (TPSA) is 178 Å². The summed E-state index contributed by atoms with van der Waals surface area (Å²) in [6.45, 7) is 3.07. The molecule has 14 heteroatoms. The highest BCUT2D eigenvalue weighted by atomic mass is 19.1. The van der Waals surface area contributed by atoms with Gasteiger partial charge in [-0.1, -0.05) is 12.1 Å². The summed E-state index contributed by atoms with van der Waals surface area (Å²) in [5.41, 5.74) is 4.43. The van der Waals surface area contributed by atoms with E-state index in [1.165, 1.54) is 11.0 Å². The molecule has 3 aliphatic carbocycles. The fourth-order valence-electron chi connectivity index (χ4n) is 8.92. The van der Waals surface area contributed by atoms with Crippen LogP contribution >= 0.6 is 0 Å². The van der Waals surface area contributed by atoms with E-state index in [0.29, 0.717) is 61.2 Å². The number of amides is 1. The van der Waals surface area contributed by atoms with Gasteiger partial charge in [0.2, 0.25) is 5.91 Å². The first-order chi connectivity index (χ1) is 24.6. The highest BCUT2D eigenvalue weighted by Crippen LogP contribution is 2.53. The third-order valence-electron chi connectivity index (χ3n) is 11.4. The molecule has 2 unspecified atom stereocenters. The number of fused-ring (bicyclic) bond motifs is 3. The number of benzene rings is 2. The van der Waals surface area contributed by atoms with Crippen LogP contribution < -0.4 is 15.5 Å². The number of hydrogen-bond acceptors (Lipinski definition) is 12. The van der Waals surface area contributed by atoms with Crippen LogP contribution in [0.1, 0.15) is 28.1 Å². The number of para-hydroxylation sites is 1. The number of anilines is 2. The van der Waals surface area contributed by atoms with Gasteiger partial charge in [-0.05, 0) is 68.8 Å². The first-order valence-electron chi connectivity index (χ1n) is 17.4. The fourth-order valence-corrected chi connectivity index (χ4v) is 8.92. The predicted octanol–water partition coefficient (Wildman–Crippen LogP) is 1.65. The Kier molecular flexibility index (Phi) is 8.83. The number of hydrogen-bond donors (Lipinski definition) is 3. The molecule has 0 bridgehead atoms. The number of furan rings is 1. The first kappa shape index (κ1) is 35.5. The van der Waals surface area contributed by atoms with Crippen molar-refractivity contribution in [2.75, 3.05) is 64.2 Å². The molecule has 13 nitrogen and oxygen atoms in total. The van der Waals surface area contributed by atoms with Crippen molar-refractivity contribution in [1.29, 1.82) is 0 Å². The molecule has 4 aliphatic rings. The van der Waals surface area contributed by atoms with Gasteiger partial charge in [-0.2, -0.15) is 0 Å². The molecular weight excluding hydrogens is 673 g/mol. The van der Waals surface area contributed by atoms with E-state index < -0.39 is 70.1 Å². The molecule has 2 heterocycles. The van der Waals surface area contributed by atoms with E-state index in [4.69, 9.17) is 10.2 Å². The fraction of sp³-hybridized carbons (Fsp3) is 0.447. The first-order valence-corrected chi connectivity index (χ1v) is 17.4. The van der Waals surface area contributed by atoms with Crippen LogP contribution in [0.3, 0.4) is 0 Å². The molecule has 6 atom stereocenters. The molecule has 1 amide bonds. The molecule has 2 saturated carbocycles. The largest absolute Gasteiger partial charge is 0.506 e. The summed E-state index contributed by atoms with van der Waals surface area (Å²) in [6, 6.07) is 10.7. The number of aliphatic hydroxyl groups is 1. The Balaban J connectivity index is 1.19. The van der Waals surface area contributed by atoms with Crippen LogP contribution in [-0.4, -0.2) is 115 Å². The van der Waals surface area contributed by atoms with Crippen molar-refractivity contribution >= 4 is 40.4 Å². The number of carbonyl (C=O) groups is 5. The Morgan fingerprint density at radius 1 is 1.02 bits per heavy atom. The predicted molar refractivity (Wildman–Crippen MR) is 187 cm³/mol. The molecule has 1 aromatic heterocycles. The van der Waals surface area contributed by atoms with Crippen molar-refractivity contribution < 1.29 is 43.0 Å². The lowest BCUT2D eigenvalue weighted by molar-refractivity contribution is -0.181. The van der Waals surface area contributed by atoms with Crippen molar-refractivity contribution in [3.63, 3.8) is 0 Å². The third-order valence-corrected chi connectivity index (χ3v) is 11.4. The molecule has 7 rings (SSSR count). The van der Waals surface area contributed by atoms with Gasteiger partial charge in [0.15, 0.2) is 34.7 Å². The van der Waals surface area contributed by atoms with Crippen LogP contribution in [0.25, 0.3) is 11.3 Å². The van der Waals surface area contributed by atoms with Crippen molar-refractivity contribution in [2.45, 2.75) is 31.0 Å². The van der Waals surface area contributed by atoms with E-state index in [0.717, 1.165) is 0 Å². The maximum absolute atomic E-state index is 14.4. The van der Waals surface area contributed by atoms with Gasteiger partial charge in [-0.3, -0.25) is 33.8 Å². The number of halogens is 1. The molecule has 274 valence electrons. The number of piperazine rings is 1. The summed E-state index contributed by atoms with van der Waals surface area (Å²) in [5.74, 6) is -10.4. The number of Topliss-reactive ketones (excluding diaryl/α,β-unsaturated/α-hetero) is 4. The summed E-state index contributed by atoms with van der Waals surface area (Å²) in [4.78, 5) is 75.4. The molecule has 2 aromatic carbocycles. The molecule has 1 saturated heterocycles. The smallest absolute Gasteiger partial charge is 0.235 e. The minimum Gasteiger partial charge on any atom is -0.506 e. The summed E-state index contributed by atoms with van der Waals surface area (Å²) in [5, 5.41) is 23.7. The number of nitrogens with two attached hydrogens (primary N) is 1. The Labute approximate surface area is 299 Å². The standard InChI is InChI=1S/C38H42FN5O8/c1-41(2)26-17-22(27-10-9-20(52-27)18-43-11-13-44(14-12-43)25-8-6-5-7-24(25)39)32(45)29-21(26)15-19-16-23-31(42(3)4)34(47)30(37(40)50)36(49)38(23,51)35(48)28(19)33(29)46/h5-10,17,19,23,28,30-31,45,51H,11-16,18H2,1-4H3,(H2,40,50)/t19-,23-,28?,30?,31-,38-/m0/s1. The number of primary amides is 1. The lowest BCUT2D eigenvalue weighted by atomic mass is 9.52. The highest BCUT2D eigenvalue weighted by molar-refractivity contribution is 6.32. The van der Waals surface area contributed by atoms with Crippen molar-refractivity contribution in [2.24, 2.45) is 29.4 Å². The second-order valence-corrected chi connectivity index (χ2v) is 14.8. The van der Waals surface area contributed by atoms with Crippen molar-refractivity contribution in [3.8, 4) is 17.1 Å². The SMILES string of the molecule is CN(C)c1cc(-c2ccc(CN3CCN(c4ccccc4F)CC3)o2)c(O)c2c1C[C@H]1C[C@H]3[C@H](N(C)C)C(=O)C(C(N)=O)C(=O)[C@@]3(O)C(=O)C1C2=O. The van der Waals surface area contributed by atoms with Crippen LogP contribution in [0.5, 0.6) is 5.75 Å². The second-order valence-electron chi connectivity index (χ2n) is 14.8. The van der Waals surface area contributed by atoms with Crippen LogP contribution in [0, 0.1) is 29.5 Å². The monoisotopic (exact) mass is 715 g/mol. The van der Waals surface area contributed by atoms with Gasteiger partial charge in [0, 0.05) is 51.9 Å². The number of phenolic OH excluding ortho intramolecular Hbond substituents is 1. The van der Waals surface area contributed by atoms with Crippen LogP contribution in [0.4, 0.5) is 15.8 Å². The van der Waals surface area contributed by atoms with Crippen LogP contribution in [0.2, 0.25) is 0 Å². The average molecular weight is 716 g/mol. The Morgan fingerprint density at radius 3 is 2.35 bits per heavy atom. The number of likely N-dealkylation sites (N-methyl/N-ethyl adjacent to an activating group) is 1. The molecule has 0 spiro atoms. The number of nitrogens with zero attached hydrogens (tertiary/aromatic N) is 4. The number of phenols is 1. The summed E-state index contributed by atoms with van der Waals surface area (Å²) >= 11 is 0. The molecule has 3 aromatic rings. The van der Waals surface area contributed by atoms with E-state index in [-0.39, 0.29) is 29.8 Å². The maximum Gasteiger partial charge on any atom is 0.235 e. The van der Waals surface area contributed by atoms with E-state index in [9.17, 15) is 38.6 Å². The molecule has 0 radical (unpaired) electrons. The lowest BCUT2D eigenvalue weighted by Gasteiger charge is -2.52. The zero-order valence-electron chi connectivity index (χ0n) is 29.5. The number of ketones is 4. The van der Waals surface area contributed by atoms with Gasteiger partial charge in [-0.15, -0.1) is 0 Å². The number of carbonyl (C=O) groups excluding carboxylic acids is 5. The van der Waals surface area contributed by atoms with Crippen molar-refractivity contribution in [3.05, 3.63) is 65.2 Å². The number of rotatable bonds is 7. The van der Waals surface area contributed by atoms with Gasteiger partial charge in [0.25, 0.3) is 0 Å². The van der Waals surface area contributed by atoms with E-state index in [2.05, 4.69) is 4.90 Å². The second kappa shape index (κ2) is 12.9. The summed E-state index contributed by atoms with van der Waals surface area (Å²) in [7, 11) is 6.67. The zero-order chi connectivity index (χ0) is 37.4. The Hall–Kier alpha value is -4.92. The summed E-state index contributed by atoms with van der Waals surface area (Å²) < 4.78 is 20.5. The van der Waals surface area contributed by atoms with Gasteiger partial charge < -0.3 is 30.2 Å². The normalized spacial score (nSPS) is 27.8. The van der Waals surface area contributed by atoms with E-state index in [1.807, 2.05) is 11.0 Å². The Morgan fingerprint density at radius 2 is 1.71 bits per heavy atom. The van der Waals surface area contributed by atoms with Crippen LogP contribution in [-0.2, 0) is 32.1 Å².